The molecule has 0 unspecified atom stereocenters. The average Bonchev–Trinajstić information content (AvgIpc) is 0.763. The molecule has 1 aliphatic heterocycles. The van der Waals surface area contributed by atoms with Gasteiger partial charge in [0, 0.05) is 109 Å². The lowest BCUT2D eigenvalue weighted by Gasteiger charge is -2.38. The Hall–Kier alpha value is -11.2. The Labute approximate surface area is 792 Å². The first-order valence-corrected chi connectivity index (χ1v) is 42.9. The summed E-state index contributed by atoms with van der Waals surface area (Å²) in [6.45, 7) is 23.2. The van der Waals surface area contributed by atoms with E-state index in [1.165, 1.54) is 67.4 Å². The van der Waals surface area contributed by atoms with Crippen LogP contribution in [0.25, 0.3) is 87.2 Å². The van der Waals surface area contributed by atoms with Crippen molar-refractivity contribution in [3.05, 3.63) is 280 Å². The first-order chi connectivity index (χ1) is 61.1. The van der Waals surface area contributed by atoms with Crippen LogP contribution in [-0.4, -0.2) is 93.9 Å². The van der Waals surface area contributed by atoms with E-state index in [0.29, 0.717) is 137 Å². The van der Waals surface area contributed by atoms with Gasteiger partial charge in [0.1, 0.15) is 23.1 Å². The van der Waals surface area contributed by atoms with Gasteiger partial charge in [-0.05, 0) is 194 Å². The van der Waals surface area contributed by atoms with Gasteiger partial charge in [-0.25, -0.2) is 17.6 Å². The van der Waals surface area contributed by atoms with Gasteiger partial charge < -0.3 is 91.5 Å². The Balaban J connectivity index is 0.000000157. The largest absolute Gasteiger partial charge is 0.397 e. The van der Waals surface area contributed by atoms with Crippen LogP contribution in [0.15, 0.2) is 177 Å². The number of aromatic nitrogens is 8. The predicted octanol–water partition coefficient (Wildman–Crippen LogP) is 20.5. The number of anilines is 8. The van der Waals surface area contributed by atoms with Crippen molar-refractivity contribution in [2.24, 2.45) is 0 Å². The van der Waals surface area contributed by atoms with E-state index >= 15 is 0 Å². The highest BCUT2D eigenvalue weighted by atomic mass is 35.5. The first kappa shape index (κ1) is 103. The second-order valence-corrected chi connectivity index (χ2v) is 37.6. The quantitative estimate of drug-likeness (QED) is 0.0628. The van der Waals surface area contributed by atoms with Gasteiger partial charge in [0.05, 0.1) is 212 Å². The molecule has 9 heterocycles. The maximum atomic E-state index is 14.0. The number of nitrogen functional groups attached to an aromatic ring is 8. The molecule has 0 spiro atoms. The molecule has 17 rings (SSSR count). The molecule has 0 bridgehead atoms. The van der Waals surface area contributed by atoms with Gasteiger partial charge in [0.25, 0.3) is 0 Å². The fourth-order valence-electron chi connectivity index (χ4n) is 15.3. The van der Waals surface area contributed by atoms with Gasteiger partial charge in [-0.3, -0.25) is 39.9 Å². The topological polar surface area (TPSA) is 482 Å². The molecule has 8 aromatic carbocycles. The van der Waals surface area contributed by atoms with Crippen molar-refractivity contribution in [2.75, 3.05) is 59.1 Å². The third-order valence-electron chi connectivity index (χ3n) is 20.6. The molecule has 0 radical (unpaired) electrons. The zero-order valence-electron chi connectivity index (χ0n) is 74.0. The van der Waals surface area contributed by atoms with E-state index in [4.69, 9.17) is 132 Å². The third kappa shape index (κ3) is 23.3. The number of hydrogen-bond acceptors (Lipinski definition) is 25. The lowest BCUT2D eigenvalue weighted by Crippen LogP contribution is -2.47. The fourth-order valence-corrected chi connectivity index (χ4v) is 17.0. The highest BCUT2D eigenvalue weighted by Gasteiger charge is 2.41. The van der Waals surface area contributed by atoms with Gasteiger partial charge >= 0.3 is 0 Å². The van der Waals surface area contributed by atoms with Crippen LogP contribution in [0.2, 0.25) is 35.2 Å². The molecular formula is C96H99Cl7F4N16O9. The fraction of sp³-hybridized carbons (Fsp3) is 0.250. The molecule has 0 atom stereocenters. The molecule has 0 amide bonds. The average molecular weight is 1950 g/mol. The molecule has 1 saturated heterocycles. The summed E-state index contributed by atoms with van der Waals surface area (Å²) in [5, 5.41) is 87.6. The number of pyridine rings is 8. The smallest absolute Gasteiger partial charge is 0.151 e. The number of aliphatic hydroxyl groups is 8. The second-order valence-electron chi connectivity index (χ2n) is 34.7. The summed E-state index contributed by atoms with van der Waals surface area (Å²) in [4.78, 5) is 33.0. The first-order valence-electron chi connectivity index (χ1n) is 40.3. The number of benzene rings is 8. The normalized spacial score (nSPS) is 12.8. The van der Waals surface area contributed by atoms with E-state index in [2.05, 4.69) is 39.9 Å². The zero-order chi connectivity index (χ0) is 98.1. The molecule has 1 fully saturated rings. The molecule has 0 saturated carbocycles. The van der Waals surface area contributed by atoms with Gasteiger partial charge in [-0.2, -0.15) is 0 Å². The Bertz CT molecular complexity index is 6830. The van der Waals surface area contributed by atoms with Gasteiger partial charge in [-0.15, -0.1) is 0 Å². The van der Waals surface area contributed by atoms with Crippen LogP contribution in [0.1, 0.15) is 141 Å². The van der Waals surface area contributed by atoms with Crippen LogP contribution in [-0.2, 0) is 49.5 Å². The Morgan fingerprint density at radius 1 is 0.295 bits per heavy atom. The maximum absolute atomic E-state index is 14.0. The van der Waals surface area contributed by atoms with Crippen molar-refractivity contribution in [1.29, 1.82) is 0 Å². The lowest BCUT2D eigenvalue weighted by atomic mass is 9.88. The minimum Gasteiger partial charge on any atom is -0.397 e. The van der Waals surface area contributed by atoms with Crippen LogP contribution in [0.3, 0.4) is 0 Å². The summed E-state index contributed by atoms with van der Waals surface area (Å²) < 4.78 is 59.5. The van der Waals surface area contributed by atoms with Crippen molar-refractivity contribution >= 4 is 214 Å². The summed E-state index contributed by atoms with van der Waals surface area (Å²) in [7, 11) is 0. The second kappa shape index (κ2) is 39.9. The molecule has 24 N–H and O–H groups in total. The lowest BCUT2D eigenvalue weighted by molar-refractivity contribution is -0.183. The minimum absolute atomic E-state index is 0.0181. The van der Waals surface area contributed by atoms with Crippen LogP contribution in [0, 0.1) is 23.3 Å². The summed E-state index contributed by atoms with van der Waals surface area (Å²) in [6.07, 6.45) is 11.9. The molecule has 0 aliphatic carbocycles. The molecule has 36 heteroatoms. The summed E-state index contributed by atoms with van der Waals surface area (Å²) in [6, 6.07) is 34.5. The number of rotatable bonds is 8. The van der Waals surface area contributed by atoms with E-state index in [1.807, 2.05) is 36.4 Å². The van der Waals surface area contributed by atoms with Crippen molar-refractivity contribution in [3.8, 4) is 0 Å². The number of hydrogen-bond donors (Lipinski definition) is 16. The van der Waals surface area contributed by atoms with Gasteiger partial charge in [0.2, 0.25) is 0 Å². The summed E-state index contributed by atoms with van der Waals surface area (Å²) >= 11 is 41.6. The number of nitrogens with zero attached hydrogens (tertiary/aromatic N) is 8. The highest BCUT2D eigenvalue weighted by Crippen LogP contribution is 2.45. The summed E-state index contributed by atoms with van der Waals surface area (Å²) in [5.74, 6) is -2.06. The standard InChI is InChI=1S/C12H12Cl2N2O.3C12H12ClFN2O.C12H11ClN2O2.C12H13ClN2O.C12H13FN2O.C12H14N2O/c1-12(2,17)11-8(15)5-16-9-4-6(13)3-7(14)10(9)11;1-12(2,17)11-8(15)5-16-9-4-6(14)3-7(13)10(9)11;1-12(2,17)10-7(15)5-16-8-4-3-6(14)11(13)9(8)10;1-12(2,17)10-7(15)5-16-8-4-3-6(13)11(14)9(8)10;13-7-1-2-10-8(3-7)11(9(14)4-15-10)12(16)5-17-6-12;1-12(2,16)11-8-5-7(13)3-4-10(8)15-6-9(11)14;1-12(2,16)11-8(14)6-15-9-5-3-4-7(13)10(9)11;1-12(2,15)11-8-5-3-4-6-10(8)14-7-9(11)13/h4*3-5,17H,15H2,1-2H3;1-4,16H,5-6,14H2;2*3-6,16H,14H2,1-2H3;3-7,15H,13H2,1-2H3. The monoisotopic (exact) mass is 1940 g/mol. The maximum Gasteiger partial charge on any atom is 0.151 e. The van der Waals surface area contributed by atoms with E-state index in [0.717, 1.165) is 38.3 Å². The van der Waals surface area contributed by atoms with Crippen molar-refractivity contribution < 1.29 is 63.2 Å². The van der Waals surface area contributed by atoms with E-state index in [1.54, 1.807) is 170 Å². The van der Waals surface area contributed by atoms with Crippen molar-refractivity contribution in [3.63, 3.8) is 0 Å². The predicted molar refractivity (Wildman–Crippen MR) is 526 cm³/mol. The van der Waals surface area contributed by atoms with Crippen LogP contribution in [0.5, 0.6) is 0 Å². The molecule has 25 nitrogen and oxygen atoms in total. The summed E-state index contributed by atoms with van der Waals surface area (Å²) in [5.41, 5.74) is 49.7. The third-order valence-corrected chi connectivity index (χ3v) is 22.5. The number of ether oxygens (including phenoxy) is 1. The molecular weight excluding hydrogens is 1850 g/mol. The zero-order valence-corrected chi connectivity index (χ0v) is 79.3. The van der Waals surface area contributed by atoms with Crippen LogP contribution in [0.4, 0.5) is 63.1 Å². The molecule has 132 heavy (non-hydrogen) atoms. The molecule has 1 aliphatic rings. The minimum atomic E-state index is -1.27. The molecule has 8 aromatic heterocycles. The van der Waals surface area contributed by atoms with Crippen LogP contribution < -0.4 is 45.9 Å². The van der Waals surface area contributed by atoms with Crippen molar-refractivity contribution in [2.45, 2.75) is 142 Å². The van der Waals surface area contributed by atoms with Crippen molar-refractivity contribution in [1.82, 2.24) is 39.9 Å². The Kier molecular flexibility index (Phi) is 31.1. The van der Waals surface area contributed by atoms with E-state index in [-0.39, 0.29) is 50.4 Å². The highest BCUT2D eigenvalue weighted by molar-refractivity contribution is 6.39. The Morgan fingerprint density at radius 3 is 1.08 bits per heavy atom. The van der Waals surface area contributed by atoms with Gasteiger partial charge in [-0.1, -0.05) is 105 Å². The number of para-hydroxylation sites is 1. The molecule has 694 valence electrons. The van der Waals surface area contributed by atoms with E-state index in [9.17, 15) is 58.4 Å². The number of nitrogens with two attached hydrogens (primary N) is 8. The number of halogens is 11. The van der Waals surface area contributed by atoms with E-state index < -0.39 is 68.1 Å². The SMILES string of the molecule is CC(C)(O)c1c(N)cnc2cc(Cl)cc(Cl)c12.CC(C)(O)c1c(N)cnc2cc(F)cc(Cl)c12.CC(C)(O)c1c(N)cnc2ccc(Cl)c(F)c12.CC(C)(O)c1c(N)cnc2ccc(Cl)cc12.CC(C)(O)c1c(N)cnc2ccc(F)c(Cl)c12.CC(C)(O)c1c(N)cnc2cccc(F)c12.CC(C)(O)c1c(N)cnc2ccccc12.Nc1cnc2ccc(Cl)cc2c1C1(O)COC1. The van der Waals surface area contributed by atoms with Crippen LogP contribution >= 0.6 is 81.2 Å². The number of fused-ring (bicyclic) bond motifs is 8. The van der Waals surface area contributed by atoms with Gasteiger partial charge in [0.15, 0.2) is 5.82 Å². The molecule has 16 aromatic rings. The Morgan fingerprint density at radius 2 is 0.629 bits per heavy atom.